The molecular formula is C16H20N4O3. The van der Waals surface area contributed by atoms with Gasteiger partial charge in [0.05, 0.1) is 19.9 Å². The summed E-state index contributed by atoms with van der Waals surface area (Å²) < 4.78 is 10.4. The highest BCUT2D eigenvalue weighted by atomic mass is 16.6. The van der Waals surface area contributed by atoms with Gasteiger partial charge in [-0.25, -0.2) is 9.97 Å². The average Bonchev–Trinajstić information content (AvgIpc) is 2.53. The zero-order chi connectivity index (χ0) is 16.8. The highest BCUT2D eigenvalue weighted by molar-refractivity contribution is 5.96. The molecule has 0 fully saturated rings. The second kappa shape index (κ2) is 7.53. The number of aryl methyl sites for hydroxylation is 2. The summed E-state index contributed by atoms with van der Waals surface area (Å²) in [6.45, 7) is 5.94. The largest absolute Gasteiger partial charge is 0.481 e. The Kier molecular flexibility index (Phi) is 5.46. The van der Waals surface area contributed by atoms with Gasteiger partial charge in [-0.3, -0.25) is 4.98 Å². The Morgan fingerprint density at radius 3 is 2.30 bits per heavy atom. The van der Waals surface area contributed by atoms with Crippen LogP contribution in [0.2, 0.25) is 0 Å². The van der Waals surface area contributed by atoms with E-state index in [2.05, 4.69) is 20.1 Å². The van der Waals surface area contributed by atoms with Gasteiger partial charge in [0.1, 0.15) is 17.6 Å². The number of nitrogens with zero attached hydrogens (tertiary/aromatic N) is 4. The van der Waals surface area contributed by atoms with Crippen molar-refractivity contribution in [2.24, 2.45) is 5.16 Å². The molecule has 0 aliphatic rings. The molecule has 0 atom stereocenters. The molecule has 0 aliphatic heterocycles. The summed E-state index contributed by atoms with van der Waals surface area (Å²) in [5, 5.41) is 4.11. The zero-order valence-corrected chi connectivity index (χ0v) is 14.0. The fourth-order valence-electron chi connectivity index (χ4n) is 2.12. The number of ether oxygens (including phenoxy) is 2. The Labute approximate surface area is 135 Å². The third kappa shape index (κ3) is 4.15. The van der Waals surface area contributed by atoms with Gasteiger partial charge in [0.2, 0.25) is 11.8 Å². The van der Waals surface area contributed by atoms with Crippen LogP contribution in [0.15, 0.2) is 23.6 Å². The summed E-state index contributed by atoms with van der Waals surface area (Å²) in [6.07, 6.45) is 1.37. The van der Waals surface area contributed by atoms with Gasteiger partial charge in [-0.2, -0.15) is 0 Å². The third-order valence-corrected chi connectivity index (χ3v) is 3.13. The third-order valence-electron chi connectivity index (χ3n) is 3.13. The molecule has 0 aromatic carbocycles. The maximum absolute atomic E-state index is 5.41. The molecule has 0 N–H and O–H groups in total. The number of methoxy groups -OCH3 is 2. The molecule has 2 aromatic rings. The molecule has 0 amide bonds. The van der Waals surface area contributed by atoms with E-state index in [9.17, 15) is 0 Å². The summed E-state index contributed by atoms with van der Waals surface area (Å²) in [5.41, 5.74) is 4.14. The molecule has 2 rings (SSSR count). The number of rotatable bonds is 6. The Morgan fingerprint density at radius 2 is 1.74 bits per heavy atom. The lowest BCUT2D eigenvalue weighted by Crippen LogP contribution is -2.04. The van der Waals surface area contributed by atoms with Crippen LogP contribution in [-0.4, -0.2) is 34.9 Å². The molecule has 23 heavy (non-hydrogen) atoms. The van der Waals surface area contributed by atoms with Crippen molar-refractivity contribution in [1.82, 2.24) is 15.0 Å². The SMILES string of the molecule is COc1ncnc(OC)c1CON=C(C)c1cc(C)cc(C)n1. The molecule has 2 aromatic heterocycles. The van der Waals surface area contributed by atoms with Crippen molar-refractivity contribution in [2.75, 3.05) is 14.2 Å². The summed E-state index contributed by atoms with van der Waals surface area (Å²) in [6, 6.07) is 3.97. The van der Waals surface area contributed by atoms with Gasteiger partial charge < -0.3 is 14.3 Å². The van der Waals surface area contributed by atoms with Crippen LogP contribution in [-0.2, 0) is 11.4 Å². The molecule has 0 unspecified atom stereocenters. The van der Waals surface area contributed by atoms with Crippen LogP contribution in [0.5, 0.6) is 11.8 Å². The lowest BCUT2D eigenvalue weighted by atomic mass is 10.2. The van der Waals surface area contributed by atoms with Crippen molar-refractivity contribution in [2.45, 2.75) is 27.4 Å². The van der Waals surface area contributed by atoms with E-state index in [1.54, 1.807) is 0 Å². The fraction of sp³-hybridized carbons (Fsp3) is 0.375. The minimum atomic E-state index is 0.134. The van der Waals surface area contributed by atoms with Gasteiger partial charge >= 0.3 is 0 Å². The highest BCUT2D eigenvalue weighted by Crippen LogP contribution is 2.24. The molecular weight excluding hydrogens is 296 g/mol. The van der Waals surface area contributed by atoms with E-state index in [1.165, 1.54) is 20.5 Å². The van der Waals surface area contributed by atoms with Crippen LogP contribution in [0.4, 0.5) is 0 Å². The minimum Gasteiger partial charge on any atom is -0.481 e. The Morgan fingerprint density at radius 1 is 1.09 bits per heavy atom. The van der Waals surface area contributed by atoms with Gasteiger partial charge in [-0.05, 0) is 38.5 Å². The van der Waals surface area contributed by atoms with Crippen molar-refractivity contribution in [3.05, 3.63) is 41.0 Å². The first kappa shape index (κ1) is 16.7. The first-order chi connectivity index (χ1) is 11.0. The second-order valence-electron chi connectivity index (χ2n) is 4.99. The number of oxime groups is 1. The predicted molar refractivity (Wildman–Crippen MR) is 85.8 cm³/mol. The monoisotopic (exact) mass is 316 g/mol. The molecule has 0 aliphatic carbocycles. The molecule has 2 heterocycles. The topological polar surface area (TPSA) is 78.7 Å². The molecule has 0 saturated heterocycles. The van der Waals surface area contributed by atoms with E-state index in [4.69, 9.17) is 14.3 Å². The minimum absolute atomic E-state index is 0.134. The quantitative estimate of drug-likeness (QED) is 0.601. The van der Waals surface area contributed by atoms with Crippen LogP contribution in [0.1, 0.15) is 29.4 Å². The number of aromatic nitrogens is 3. The first-order valence-corrected chi connectivity index (χ1v) is 7.09. The van der Waals surface area contributed by atoms with Crippen molar-refractivity contribution < 1.29 is 14.3 Å². The summed E-state index contributed by atoms with van der Waals surface area (Å²) >= 11 is 0. The summed E-state index contributed by atoms with van der Waals surface area (Å²) in [4.78, 5) is 17.9. The van der Waals surface area contributed by atoms with Crippen LogP contribution >= 0.6 is 0 Å². The van der Waals surface area contributed by atoms with Gasteiger partial charge in [0.25, 0.3) is 0 Å². The maximum Gasteiger partial charge on any atom is 0.226 e. The molecule has 0 spiro atoms. The van der Waals surface area contributed by atoms with E-state index >= 15 is 0 Å². The Balaban J connectivity index is 2.15. The molecule has 7 heteroatoms. The molecule has 0 radical (unpaired) electrons. The van der Waals surface area contributed by atoms with E-state index in [1.807, 2.05) is 32.9 Å². The normalized spacial score (nSPS) is 11.3. The Bertz CT molecular complexity index is 674. The second-order valence-corrected chi connectivity index (χ2v) is 4.99. The van der Waals surface area contributed by atoms with Crippen LogP contribution in [0.3, 0.4) is 0 Å². The fourth-order valence-corrected chi connectivity index (χ4v) is 2.12. The van der Waals surface area contributed by atoms with Crippen molar-refractivity contribution in [3.63, 3.8) is 0 Å². The van der Waals surface area contributed by atoms with Gasteiger partial charge in [-0.1, -0.05) is 5.16 Å². The van der Waals surface area contributed by atoms with E-state index in [0.717, 1.165) is 17.0 Å². The van der Waals surface area contributed by atoms with Crippen molar-refractivity contribution in [1.29, 1.82) is 0 Å². The summed E-state index contributed by atoms with van der Waals surface area (Å²) in [7, 11) is 3.05. The molecule has 7 nitrogen and oxygen atoms in total. The van der Waals surface area contributed by atoms with E-state index in [-0.39, 0.29) is 6.61 Å². The van der Waals surface area contributed by atoms with Gasteiger partial charge in [-0.15, -0.1) is 0 Å². The van der Waals surface area contributed by atoms with Crippen molar-refractivity contribution >= 4 is 5.71 Å². The maximum atomic E-state index is 5.41. The van der Waals surface area contributed by atoms with Crippen molar-refractivity contribution in [3.8, 4) is 11.8 Å². The van der Waals surface area contributed by atoms with Crippen LogP contribution < -0.4 is 9.47 Å². The number of hydrogen-bond acceptors (Lipinski definition) is 7. The molecule has 122 valence electrons. The highest BCUT2D eigenvalue weighted by Gasteiger charge is 2.13. The molecule has 0 bridgehead atoms. The number of pyridine rings is 1. The number of hydrogen-bond donors (Lipinski definition) is 0. The summed E-state index contributed by atoms with van der Waals surface area (Å²) in [5.74, 6) is 0.795. The van der Waals surface area contributed by atoms with Gasteiger partial charge in [0, 0.05) is 5.69 Å². The van der Waals surface area contributed by atoms with Crippen LogP contribution in [0, 0.1) is 13.8 Å². The molecule has 0 saturated carbocycles. The average molecular weight is 316 g/mol. The van der Waals surface area contributed by atoms with Crippen LogP contribution in [0.25, 0.3) is 0 Å². The first-order valence-electron chi connectivity index (χ1n) is 7.09. The lowest BCUT2D eigenvalue weighted by molar-refractivity contribution is 0.125. The zero-order valence-electron chi connectivity index (χ0n) is 14.0. The van der Waals surface area contributed by atoms with Gasteiger partial charge in [0.15, 0.2) is 6.61 Å². The predicted octanol–water partition coefficient (Wildman–Crippen LogP) is 2.45. The van der Waals surface area contributed by atoms with E-state index in [0.29, 0.717) is 23.0 Å². The lowest BCUT2D eigenvalue weighted by Gasteiger charge is -2.10. The smallest absolute Gasteiger partial charge is 0.226 e. The standard InChI is InChI=1S/C16H20N4O3/c1-10-6-11(2)19-14(7-10)12(3)20-23-8-13-15(21-4)17-9-18-16(13)22-5/h6-7,9H,8H2,1-5H3. The van der Waals surface area contributed by atoms with E-state index < -0.39 is 0 Å². The Hall–Kier alpha value is -2.70.